The van der Waals surface area contributed by atoms with Crippen molar-refractivity contribution in [1.29, 1.82) is 0 Å². The summed E-state index contributed by atoms with van der Waals surface area (Å²) < 4.78 is 18.5. The highest BCUT2D eigenvalue weighted by Gasteiger charge is 2.29. The molecule has 0 aliphatic heterocycles. The molecule has 28 heavy (non-hydrogen) atoms. The molecular weight excluding hydrogens is 355 g/mol. The highest BCUT2D eigenvalue weighted by atomic mass is 19.1. The first-order valence-electron chi connectivity index (χ1n) is 9.13. The number of anilines is 1. The van der Waals surface area contributed by atoms with Gasteiger partial charge in [0.05, 0.1) is 14.2 Å². The van der Waals surface area contributed by atoms with Crippen LogP contribution >= 0.6 is 0 Å². The first kappa shape index (κ1) is 19.6. The van der Waals surface area contributed by atoms with Gasteiger partial charge in [-0.05, 0) is 36.4 Å². The predicted octanol–water partition coefficient (Wildman–Crippen LogP) is 3.23. The van der Waals surface area contributed by atoms with Crippen LogP contribution in [0.4, 0.5) is 10.1 Å². The lowest BCUT2D eigenvalue weighted by Gasteiger charge is -2.25. The van der Waals surface area contributed by atoms with Crippen LogP contribution in [-0.2, 0) is 11.3 Å². The van der Waals surface area contributed by atoms with Gasteiger partial charge in [0.15, 0.2) is 6.04 Å². The van der Waals surface area contributed by atoms with Gasteiger partial charge in [-0.2, -0.15) is 0 Å². The molecule has 0 fully saturated rings. The van der Waals surface area contributed by atoms with Crippen LogP contribution in [-0.4, -0.2) is 20.1 Å². The Kier molecular flexibility index (Phi) is 6.40. The fraction of sp³-hybridized carbons (Fsp3) is 0.174. The monoisotopic (exact) mass is 379 g/mol. The van der Waals surface area contributed by atoms with Crippen molar-refractivity contribution in [2.45, 2.75) is 12.6 Å². The third-order valence-electron chi connectivity index (χ3n) is 4.62. The number of carbonyl (C=O) groups excluding carboxylic acids is 1. The number of hydrogen-bond donors (Lipinski definition) is 2. The molecule has 144 valence electrons. The van der Waals surface area contributed by atoms with E-state index in [2.05, 4.69) is 5.32 Å². The lowest BCUT2D eigenvalue weighted by molar-refractivity contribution is -0.915. The number of carbonyl (C=O) groups is 1. The fourth-order valence-electron chi connectivity index (χ4n) is 3.26. The zero-order chi connectivity index (χ0) is 19.9. The van der Waals surface area contributed by atoms with Gasteiger partial charge in [-0.1, -0.05) is 42.5 Å². The number of amides is 1. The number of quaternary nitrogens is 1. The lowest BCUT2D eigenvalue weighted by atomic mass is 10.0. The summed E-state index contributed by atoms with van der Waals surface area (Å²) in [5, 5.41) is 2.91. The van der Waals surface area contributed by atoms with E-state index < -0.39 is 6.04 Å². The highest BCUT2D eigenvalue weighted by Crippen LogP contribution is 2.16. The molecule has 0 aliphatic rings. The van der Waals surface area contributed by atoms with Gasteiger partial charge in [-0.3, -0.25) is 4.79 Å². The van der Waals surface area contributed by atoms with E-state index >= 15 is 0 Å². The van der Waals surface area contributed by atoms with Crippen LogP contribution in [0.15, 0.2) is 78.9 Å². The molecule has 3 rings (SSSR count). The van der Waals surface area contributed by atoms with Crippen molar-refractivity contribution in [2.24, 2.45) is 0 Å². The highest BCUT2D eigenvalue weighted by molar-refractivity contribution is 5.94. The van der Waals surface area contributed by atoms with Gasteiger partial charge in [0.1, 0.15) is 18.1 Å². The molecule has 2 atom stereocenters. The number of methoxy groups -OCH3 is 1. The zero-order valence-electron chi connectivity index (χ0n) is 16.0. The van der Waals surface area contributed by atoms with Gasteiger partial charge < -0.3 is 15.0 Å². The van der Waals surface area contributed by atoms with E-state index in [0.717, 1.165) is 21.8 Å². The summed E-state index contributed by atoms with van der Waals surface area (Å²) in [6.07, 6.45) is 0. The molecule has 2 N–H and O–H groups in total. The van der Waals surface area contributed by atoms with E-state index in [0.29, 0.717) is 12.2 Å². The maximum atomic E-state index is 13.2. The molecule has 4 nitrogen and oxygen atoms in total. The first-order chi connectivity index (χ1) is 13.6. The second kappa shape index (κ2) is 9.15. The summed E-state index contributed by atoms with van der Waals surface area (Å²) >= 11 is 0. The van der Waals surface area contributed by atoms with Crippen LogP contribution in [0.1, 0.15) is 17.2 Å². The van der Waals surface area contributed by atoms with Crippen LogP contribution in [0.25, 0.3) is 0 Å². The van der Waals surface area contributed by atoms with E-state index in [1.54, 1.807) is 19.2 Å². The lowest BCUT2D eigenvalue weighted by Crippen LogP contribution is -3.09. The van der Waals surface area contributed by atoms with Crippen LogP contribution in [0.3, 0.4) is 0 Å². The second-order valence-corrected chi connectivity index (χ2v) is 6.71. The smallest absolute Gasteiger partial charge is 0.287 e. The van der Waals surface area contributed by atoms with Gasteiger partial charge in [0.2, 0.25) is 0 Å². The number of nitrogens with one attached hydrogen (secondary N) is 2. The Labute approximate surface area is 164 Å². The Balaban J connectivity index is 1.83. The molecule has 1 amide bonds. The Morgan fingerprint density at radius 1 is 1.04 bits per heavy atom. The fourth-order valence-corrected chi connectivity index (χ4v) is 3.26. The molecule has 3 aromatic rings. The van der Waals surface area contributed by atoms with Crippen molar-refractivity contribution >= 4 is 11.6 Å². The Hall–Kier alpha value is -3.18. The van der Waals surface area contributed by atoms with Crippen molar-refractivity contribution in [3.05, 3.63) is 95.8 Å². The predicted molar refractivity (Wildman–Crippen MR) is 108 cm³/mol. The molecule has 0 radical (unpaired) electrons. The Morgan fingerprint density at radius 2 is 1.75 bits per heavy atom. The minimum Gasteiger partial charge on any atom is -0.497 e. The SMILES string of the molecule is COc1cccc(C[NH+](C)[C@@H](C(=O)Nc2ccc(F)cc2)c2ccccc2)c1. The molecule has 0 heterocycles. The quantitative estimate of drug-likeness (QED) is 0.662. The van der Waals surface area contributed by atoms with Gasteiger partial charge >= 0.3 is 0 Å². The molecule has 5 heteroatoms. The molecule has 0 saturated heterocycles. The second-order valence-electron chi connectivity index (χ2n) is 6.71. The summed E-state index contributed by atoms with van der Waals surface area (Å²) in [5.74, 6) is 0.314. The maximum Gasteiger partial charge on any atom is 0.287 e. The number of rotatable bonds is 7. The molecule has 0 bridgehead atoms. The van der Waals surface area contributed by atoms with Gasteiger partial charge in [-0.25, -0.2) is 4.39 Å². The van der Waals surface area contributed by atoms with Crippen LogP contribution in [0.5, 0.6) is 5.75 Å². The number of likely N-dealkylation sites (N-methyl/N-ethyl adjacent to an activating group) is 1. The Morgan fingerprint density at radius 3 is 2.43 bits per heavy atom. The molecule has 0 saturated carbocycles. The van der Waals surface area contributed by atoms with Gasteiger partial charge in [0.25, 0.3) is 5.91 Å². The molecule has 1 unspecified atom stereocenters. The third-order valence-corrected chi connectivity index (χ3v) is 4.62. The standard InChI is InChI=1S/C23H23FN2O2/c1-26(16-17-7-6-10-21(15-17)28-2)22(18-8-4-3-5-9-18)23(27)25-20-13-11-19(24)12-14-20/h3-15,22H,16H2,1-2H3,(H,25,27)/p+1/t22-/m1/s1. The summed E-state index contributed by atoms with van der Waals surface area (Å²) in [5.41, 5.74) is 2.57. The molecule has 3 aromatic carbocycles. The summed E-state index contributed by atoms with van der Waals surface area (Å²) in [6, 6.07) is 22.9. The number of benzene rings is 3. The van der Waals surface area contributed by atoms with E-state index in [-0.39, 0.29) is 11.7 Å². The molecule has 0 spiro atoms. The minimum atomic E-state index is -0.419. The largest absolute Gasteiger partial charge is 0.497 e. The van der Waals surface area contributed by atoms with Gasteiger partial charge in [0, 0.05) is 16.8 Å². The third kappa shape index (κ3) is 4.96. The topological polar surface area (TPSA) is 42.8 Å². The van der Waals surface area contributed by atoms with Crippen molar-refractivity contribution in [3.8, 4) is 5.75 Å². The van der Waals surface area contributed by atoms with Crippen molar-refractivity contribution in [1.82, 2.24) is 0 Å². The minimum absolute atomic E-state index is 0.141. The van der Waals surface area contributed by atoms with E-state index in [1.165, 1.54) is 12.1 Å². The molecular formula is C23H24FN2O2+. The van der Waals surface area contributed by atoms with Crippen molar-refractivity contribution in [2.75, 3.05) is 19.5 Å². The van der Waals surface area contributed by atoms with E-state index in [1.807, 2.05) is 61.6 Å². The maximum absolute atomic E-state index is 13.2. The van der Waals surface area contributed by atoms with E-state index in [9.17, 15) is 9.18 Å². The molecule has 0 aromatic heterocycles. The van der Waals surface area contributed by atoms with Crippen LogP contribution in [0, 0.1) is 5.82 Å². The van der Waals surface area contributed by atoms with Crippen LogP contribution in [0.2, 0.25) is 0 Å². The molecule has 0 aliphatic carbocycles. The van der Waals surface area contributed by atoms with Crippen molar-refractivity contribution in [3.63, 3.8) is 0 Å². The number of halogens is 1. The number of hydrogen-bond acceptors (Lipinski definition) is 2. The Bertz CT molecular complexity index is 913. The zero-order valence-corrected chi connectivity index (χ0v) is 16.0. The average molecular weight is 379 g/mol. The first-order valence-corrected chi connectivity index (χ1v) is 9.13. The average Bonchev–Trinajstić information content (AvgIpc) is 2.71. The summed E-state index contributed by atoms with van der Waals surface area (Å²) in [4.78, 5) is 14.1. The van der Waals surface area contributed by atoms with Crippen LogP contribution < -0.4 is 15.0 Å². The number of ether oxygens (including phenoxy) is 1. The van der Waals surface area contributed by atoms with Crippen molar-refractivity contribution < 1.29 is 18.8 Å². The van der Waals surface area contributed by atoms with E-state index in [4.69, 9.17) is 4.74 Å². The normalized spacial score (nSPS) is 12.8. The summed E-state index contributed by atoms with van der Waals surface area (Å²) in [6.45, 7) is 0.646. The van der Waals surface area contributed by atoms with Gasteiger partial charge in [-0.15, -0.1) is 0 Å². The summed E-state index contributed by atoms with van der Waals surface area (Å²) in [7, 11) is 3.62.